The third-order valence-electron chi connectivity index (χ3n) is 1.16. The number of hydrogen-bond acceptors (Lipinski definition) is 1. The van der Waals surface area contributed by atoms with Crippen LogP contribution in [0.1, 0.15) is 20.3 Å². The van der Waals surface area contributed by atoms with Gasteiger partial charge >= 0.3 is 0 Å². The molecule has 0 atom stereocenters. The summed E-state index contributed by atoms with van der Waals surface area (Å²) >= 11 is 0. The van der Waals surface area contributed by atoms with Crippen LogP contribution < -0.4 is 0 Å². The van der Waals surface area contributed by atoms with Gasteiger partial charge in [0.1, 0.15) is 0 Å². The van der Waals surface area contributed by atoms with E-state index in [1.807, 2.05) is 17.4 Å². The second-order valence-electron chi connectivity index (χ2n) is 2.00. The van der Waals surface area contributed by atoms with Crippen molar-refractivity contribution in [1.82, 2.24) is 4.90 Å². The van der Waals surface area contributed by atoms with Gasteiger partial charge in [-0.2, -0.15) is 0 Å². The minimum Gasteiger partial charge on any atom is -0.340 e. The van der Waals surface area contributed by atoms with E-state index in [4.69, 9.17) is 0 Å². The molecule has 10 heavy (non-hydrogen) atoms. The van der Waals surface area contributed by atoms with E-state index in [1.165, 1.54) is 0 Å². The van der Waals surface area contributed by atoms with E-state index in [0.717, 1.165) is 13.0 Å². The van der Waals surface area contributed by atoms with Gasteiger partial charge in [-0.25, -0.2) is 0 Å². The molecule has 0 aromatic rings. The Morgan fingerprint density at radius 1 is 1.40 bits per heavy atom. The molecular formula is C8H16N2. The Labute approximate surface area is 63.3 Å². The molecule has 0 aliphatic rings. The highest BCUT2D eigenvalue weighted by Crippen LogP contribution is 1.86. The molecule has 0 amide bonds. The summed E-state index contributed by atoms with van der Waals surface area (Å²) in [7, 11) is 1.78. The Hall–Kier alpha value is -0.790. The van der Waals surface area contributed by atoms with Gasteiger partial charge in [-0.15, -0.1) is 0 Å². The highest BCUT2D eigenvalue weighted by atomic mass is 15.1. The maximum Gasteiger partial charge on any atom is 0.0885 e. The zero-order chi connectivity index (χ0) is 7.82. The third-order valence-corrected chi connectivity index (χ3v) is 1.16. The molecule has 0 heterocycles. The zero-order valence-electron chi connectivity index (χ0n) is 7.04. The van der Waals surface area contributed by atoms with Gasteiger partial charge in [0, 0.05) is 19.8 Å². The molecule has 0 aliphatic carbocycles. The summed E-state index contributed by atoms with van der Waals surface area (Å²) in [6.45, 7) is 5.20. The van der Waals surface area contributed by atoms with Crippen molar-refractivity contribution in [2.24, 2.45) is 4.99 Å². The van der Waals surface area contributed by atoms with Gasteiger partial charge in [0.2, 0.25) is 0 Å². The van der Waals surface area contributed by atoms with Crippen LogP contribution in [0.25, 0.3) is 0 Å². The molecule has 0 saturated carbocycles. The minimum absolute atomic E-state index is 0.980. The molecule has 0 aromatic carbocycles. The van der Waals surface area contributed by atoms with Gasteiger partial charge in [0.25, 0.3) is 0 Å². The molecule has 58 valence electrons. The van der Waals surface area contributed by atoms with Crippen molar-refractivity contribution in [2.45, 2.75) is 20.3 Å². The van der Waals surface area contributed by atoms with Crippen LogP contribution in [0.2, 0.25) is 0 Å². The average molecular weight is 140 g/mol. The maximum atomic E-state index is 3.91. The zero-order valence-corrected chi connectivity index (χ0v) is 7.04. The lowest BCUT2D eigenvalue weighted by Gasteiger charge is -2.09. The predicted molar refractivity (Wildman–Crippen MR) is 46.2 cm³/mol. The van der Waals surface area contributed by atoms with Crippen LogP contribution in [-0.2, 0) is 0 Å². The first-order chi connectivity index (χ1) is 4.85. The third kappa shape index (κ3) is 4.13. The van der Waals surface area contributed by atoms with Gasteiger partial charge in [0.05, 0.1) is 6.34 Å². The Bertz CT molecular complexity index is 116. The molecule has 0 unspecified atom stereocenters. The first-order valence-electron chi connectivity index (χ1n) is 3.69. The van der Waals surface area contributed by atoms with Gasteiger partial charge in [-0.3, -0.25) is 4.99 Å². The van der Waals surface area contributed by atoms with Crippen molar-refractivity contribution in [3.63, 3.8) is 0 Å². The van der Waals surface area contributed by atoms with Crippen LogP contribution >= 0.6 is 0 Å². The topological polar surface area (TPSA) is 15.6 Å². The molecule has 2 nitrogen and oxygen atoms in total. The van der Waals surface area contributed by atoms with Crippen molar-refractivity contribution >= 4 is 6.34 Å². The van der Waals surface area contributed by atoms with Crippen molar-refractivity contribution in [1.29, 1.82) is 0 Å². The second-order valence-corrected chi connectivity index (χ2v) is 2.00. The molecule has 0 saturated heterocycles. The van der Waals surface area contributed by atoms with Crippen LogP contribution in [0.5, 0.6) is 0 Å². The Morgan fingerprint density at radius 3 is 2.50 bits per heavy atom. The van der Waals surface area contributed by atoms with Crippen LogP contribution in [-0.4, -0.2) is 24.8 Å². The lowest BCUT2D eigenvalue weighted by Crippen LogP contribution is -2.13. The number of aliphatic imine (C=N–C) groups is 1. The summed E-state index contributed by atoms with van der Waals surface area (Å²) in [5.41, 5.74) is 0. The van der Waals surface area contributed by atoms with E-state index in [2.05, 4.69) is 24.9 Å². The number of allylic oxidation sites excluding steroid dienone is 1. The molecule has 0 N–H and O–H groups in total. The number of hydrogen-bond donors (Lipinski definition) is 0. The van der Waals surface area contributed by atoms with Crippen molar-refractivity contribution in [3.8, 4) is 0 Å². The molecular weight excluding hydrogens is 124 g/mol. The summed E-state index contributed by atoms with van der Waals surface area (Å²) < 4.78 is 0. The van der Waals surface area contributed by atoms with E-state index in [-0.39, 0.29) is 0 Å². The van der Waals surface area contributed by atoms with Crippen LogP contribution in [0.4, 0.5) is 0 Å². The van der Waals surface area contributed by atoms with E-state index < -0.39 is 0 Å². The monoisotopic (exact) mass is 140 g/mol. The molecule has 0 bridgehead atoms. The fraction of sp³-hybridized carbons (Fsp3) is 0.625. The van der Waals surface area contributed by atoms with Gasteiger partial charge in [-0.1, -0.05) is 13.0 Å². The second kappa shape index (κ2) is 6.33. The lowest BCUT2D eigenvalue weighted by molar-refractivity contribution is 0.603. The van der Waals surface area contributed by atoms with Crippen LogP contribution in [0, 0.1) is 0 Å². The fourth-order valence-electron chi connectivity index (χ4n) is 0.615. The van der Waals surface area contributed by atoms with E-state index >= 15 is 0 Å². The molecule has 0 radical (unpaired) electrons. The first kappa shape index (κ1) is 9.21. The summed E-state index contributed by atoms with van der Waals surface area (Å²) in [4.78, 5) is 5.95. The first-order valence-corrected chi connectivity index (χ1v) is 3.69. The number of nitrogens with zero attached hydrogens (tertiary/aromatic N) is 2. The highest BCUT2D eigenvalue weighted by Gasteiger charge is 1.85. The summed E-state index contributed by atoms with van der Waals surface area (Å²) in [5, 5.41) is 0. The standard InChI is InChI=1S/C8H16N2/c1-4-6-7-10(5-2)8-9-3/h6-8H,4-5H2,1-3H3/b7-6-,9-8?. The summed E-state index contributed by atoms with van der Waals surface area (Å²) in [6.07, 6.45) is 7.07. The van der Waals surface area contributed by atoms with Crippen LogP contribution in [0.3, 0.4) is 0 Å². The van der Waals surface area contributed by atoms with E-state index in [0.29, 0.717) is 0 Å². The van der Waals surface area contributed by atoms with Crippen LogP contribution in [0.15, 0.2) is 17.3 Å². The number of rotatable bonds is 4. The Balaban J connectivity index is 3.70. The van der Waals surface area contributed by atoms with Gasteiger partial charge in [-0.05, 0) is 13.3 Å². The molecule has 0 spiro atoms. The smallest absolute Gasteiger partial charge is 0.0885 e. The molecule has 0 rings (SSSR count). The van der Waals surface area contributed by atoms with Crippen molar-refractivity contribution < 1.29 is 0 Å². The lowest BCUT2D eigenvalue weighted by atomic mass is 10.4. The largest absolute Gasteiger partial charge is 0.340 e. The fourth-order valence-corrected chi connectivity index (χ4v) is 0.615. The maximum absolute atomic E-state index is 3.91. The summed E-state index contributed by atoms with van der Waals surface area (Å²) in [5.74, 6) is 0. The quantitative estimate of drug-likeness (QED) is 0.430. The van der Waals surface area contributed by atoms with Crippen molar-refractivity contribution in [3.05, 3.63) is 12.3 Å². The Kier molecular flexibility index (Phi) is 5.83. The SMILES string of the molecule is CC/C=C\N(C=NC)CC. The molecule has 2 heteroatoms. The molecule has 0 aromatic heterocycles. The predicted octanol–water partition coefficient (Wildman–Crippen LogP) is 1.89. The molecule has 0 aliphatic heterocycles. The minimum atomic E-state index is 0.980. The molecule has 0 fully saturated rings. The van der Waals surface area contributed by atoms with Crippen molar-refractivity contribution in [2.75, 3.05) is 13.6 Å². The normalized spacial score (nSPS) is 11.5. The summed E-state index contributed by atoms with van der Waals surface area (Å²) in [6, 6.07) is 0. The van der Waals surface area contributed by atoms with Gasteiger partial charge < -0.3 is 4.90 Å². The highest BCUT2D eigenvalue weighted by molar-refractivity contribution is 5.55. The Morgan fingerprint density at radius 2 is 2.10 bits per heavy atom. The van der Waals surface area contributed by atoms with E-state index in [1.54, 1.807) is 7.05 Å². The van der Waals surface area contributed by atoms with E-state index in [9.17, 15) is 0 Å². The average Bonchev–Trinajstić information content (AvgIpc) is 1.98. The van der Waals surface area contributed by atoms with Gasteiger partial charge in [0.15, 0.2) is 0 Å².